The smallest absolute Gasteiger partial charge is 0.230 e. The van der Waals surface area contributed by atoms with Gasteiger partial charge in [-0.25, -0.2) is 18.4 Å². The molecule has 0 saturated heterocycles. The molecule has 10 heteroatoms. The molecule has 0 bridgehead atoms. The van der Waals surface area contributed by atoms with E-state index < -0.39 is 9.84 Å². The van der Waals surface area contributed by atoms with Crippen molar-refractivity contribution < 1.29 is 22.1 Å². The number of nitrogens with zero attached hydrogens (tertiary/aromatic N) is 3. The predicted molar refractivity (Wildman–Crippen MR) is 149 cm³/mol. The Balaban J connectivity index is 1.36. The first-order valence-corrected chi connectivity index (χ1v) is 14.6. The largest absolute Gasteiger partial charge is 0.460 e. The predicted octanol–water partition coefficient (Wildman–Crippen LogP) is 5.77. The lowest BCUT2D eigenvalue weighted by atomic mass is 9.93. The first kappa shape index (κ1) is 26.6. The summed E-state index contributed by atoms with van der Waals surface area (Å²) < 4.78 is 40.4. The van der Waals surface area contributed by atoms with E-state index in [1.165, 1.54) is 12.6 Å². The molecule has 202 valence electrons. The van der Waals surface area contributed by atoms with Crippen molar-refractivity contribution in [1.29, 1.82) is 0 Å². The second kappa shape index (κ2) is 10.6. The van der Waals surface area contributed by atoms with E-state index >= 15 is 0 Å². The fraction of sp³-hybridized carbons (Fsp3) is 0.276. The average Bonchev–Trinajstić information content (AvgIpc) is 3.57. The molecule has 5 aromatic rings. The quantitative estimate of drug-likeness (QED) is 0.230. The molecular weight excluding hydrogens is 516 g/mol. The van der Waals surface area contributed by atoms with Gasteiger partial charge >= 0.3 is 0 Å². The Morgan fingerprint density at radius 2 is 1.82 bits per heavy atom. The maximum Gasteiger partial charge on any atom is 0.230 e. The number of hydrogen-bond acceptors (Lipinski definition) is 9. The summed E-state index contributed by atoms with van der Waals surface area (Å²) in [6.45, 7) is 7.02. The zero-order valence-electron chi connectivity index (χ0n) is 22.3. The van der Waals surface area contributed by atoms with Gasteiger partial charge in [-0.3, -0.25) is 0 Å². The summed E-state index contributed by atoms with van der Waals surface area (Å²) in [4.78, 5) is 8.77. The van der Waals surface area contributed by atoms with Gasteiger partial charge < -0.3 is 19.0 Å². The Morgan fingerprint density at radius 3 is 2.59 bits per heavy atom. The Bertz CT molecular complexity index is 1720. The van der Waals surface area contributed by atoms with Crippen LogP contribution in [0.15, 0.2) is 75.9 Å². The number of hydrogen-bond donors (Lipinski definition) is 1. The van der Waals surface area contributed by atoms with Gasteiger partial charge in [0.15, 0.2) is 0 Å². The van der Waals surface area contributed by atoms with Crippen LogP contribution in [0.5, 0.6) is 11.6 Å². The van der Waals surface area contributed by atoms with E-state index in [1.807, 2.05) is 60.7 Å². The summed E-state index contributed by atoms with van der Waals surface area (Å²) in [6, 6.07) is 19.1. The fourth-order valence-electron chi connectivity index (χ4n) is 3.96. The van der Waals surface area contributed by atoms with Crippen LogP contribution in [0.4, 0.5) is 0 Å². The van der Waals surface area contributed by atoms with Crippen LogP contribution >= 0.6 is 0 Å². The van der Waals surface area contributed by atoms with Crippen LogP contribution in [0.25, 0.3) is 33.5 Å². The molecule has 0 aliphatic heterocycles. The zero-order valence-corrected chi connectivity index (χ0v) is 23.1. The molecule has 0 radical (unpaired) electrons. The molecule has 0 atom stereocenters. The summed E-state index contributed by atoms with van der Waals surface area (Å²) in [5.74, 6) is 3.30. The van der Waals surface area contributed by atoms with Gasteiger partial charge in [0.1, 0.15) is 44.9 Å². The maximum atomic E-state index is 11.3. The Hall–Kier alpha value is -4.02. The van der Waals surface area contributed by atoms with Crippen molar-refractivity contribution in [3.63, 3.8) is 0 Å². The summed E-state index contributed by atoms with van der Waals surface area (Å²) in [5, 5.41) is 8.06. The summed E-state index contributed by atoms with van der Waals surface area (Å²) in [7, 11) is -3.01. The van der Waals surface area contributed by atoms with E-state index in [1.54, 1.807) is 0 Å². The van der Waals surface area contributed by atoms with E-state index in [0.29, 0.717) is 36.2 Å². The third-order valence-corrected chi connectivity index (χ3v) is 7.03. The van der Waals surface area contributed by atoms with E-state index in [4.69, 9.17) is 13.7 Å². The van der Waals surface area contributed by atoms with Crippen LogP contribution in [0, 0.1) is 0 Å². The SMILES string of the molecule is CC(C)(C)c1cc(-c2cccc(Oc3ncnc4ccc(-c5ccc(CNCCS(C)(=O)=O)o5)cc34)c2)no1. The Morgan fingerprint density at radius 1 is 0.974 bits per heavy atom. The Labute approximate surface area is 227 Å². The average molecular weight is 547 g/mol. The normalized spacial score (nSPS) is 12.2. The number of nitrogens with one attached hydrogen (secondary N) is 1. The van der Waals surface area contributed by atoms with Crippen LogP contribution in [0.2, 0.25) is 0 Å². The fourth-order valence-corrected chi connectivity index (χ4v) is 4.48. The first-order chi connectivity index (χ1) is 18.5. The highest BCUT2D eigenvalue weighted by atomic mass is 32.2. The lowest BCUT2D eigenvalue weighted by Gasteiger charge is -2.12. The minimum atomic E-state index is -3.01. The number of ether oxygens (including phenoxy) is 1. The van der Waals surface area contributed by atoms with Crippen molar-refractivity contribution in [2.24, 2.45) is 0 Å². The van der Waals surface area contributed by atoms with Crippen LogP contribution < -0.4 is 10.1 Å². The van der Waals surface area contributed by atoms with Gasteiger partial charge in [0, 0.05) is 35.4 Å². The van der Waals surface area contributed by atoms with Crippen molar-refractivity contribution in [3.05, 3.63) is 78.5 Å². The van der Waals surface area contributed by atoms with Crippen molar-refractivity contribution in [2.45, 2.75) is 32.7 Å². The number of sulfone groups is 1. The minimum absolute atomic E-state index is 0.0769. The minimum Gasteiger partial charge on any atom is -0.460 e. The van der Waals surface area contributed by atoms with Crippen LogP contribution in [-0.2, 0) is 21.8 Å². The first-order valence-electron chi connectivity index (χ1n) is 12.5. The summed E-state index contributed by atoms with van der Waals surface area (Å²) in [5.41, 5.74) is 3.05. The molecule has 3 aromatic heterocycles. The number of furan rings is 1. The van der Waals surface area contributed by atoms with E-state index in [9.17, 15) is 8.42 Å². The van der Waals surface area contributed by atoms with Gasteiger partial charge in [0.2, 0.25) is 5.88 Å². The number of fused-ring (bicyclic) bond motifs is 1. The maximum absolute atomic E-state index is 11.3. The number of aromatic nitrogens is 3. The van der Waals surface area contributed by atoms with Crippen LogP contribution in [0.3, 0.4) is 0 Å². The molecule has 2 aromatic carbocycles. The van der Waals surface area contributed by atoms with Crippen LogP contribution in [0.1, 0.15) is 32.3 Å². The van der Waals surface area contributed by atoms with E-state index in [2.05, 4.69) is 41.2 Å². The molecule has 39 heavy (non-hydrogen) atoms. The summed E-state index contributed by atoms with van der Waals surface area (Å²) in [6.07, 6.45) is 2.69. The van der Waals surface area contributed by atoms with Gasteiger partial charge in [0.25, 0.3) is 0 Å². The highest BCUT2D eigenvalue weighted by molar-refractivity contribution is 7.90. The molecule has 9 nitrogen and oxygen atoms in total. The zero-order chi connectivity index (χ0) is 27.6. The molecule has 0 aliphatic rings. The van der Waals surface area contributed by atoms with Gasteiger partial charge in [0.05, 0.1) is 23.2 Å². The van der Waals surface area contributed by atoms with Gasteiger partial charge in [-0.2, -0.15) is 0 Å². The lowest BCUT2D eigenvalue weighted by Crippen LogP contribution is -2.21. The standard InChI is InChI=1S/C29H30N4O5S/c1-29(2,3)27-16-25(33-38-27)19-6-5-7-21(14-19)37-28-23-15-20(8-10-24(23)31-18-32-28)26-11-9-22(36-26)17-30-12-13-39(4,34)35/h5-11,14-16,18,30H,12-13,17H2,1-4H3. The summed E-state index contributed by atoms with van der Waals surface area (Å²) >= 11 is 0. The molecule has 0 unspecified atom stereocenters. The van der Waals surface area contributed by atoms with Crippen molar-refractivity contribution >= 4 is 20.7 Å². The highest BCUT2D eigenvalue weighted by Crippen LogP contribution is 2.33. The third-order valence-electron chi connectivity index (χ3n) is 6.09. The second-order valence-electron chi connectivity index (χ2n) is 10.4. The molecule has 0 saturated carbocycles. The molecule has 0 aliphatic carbocycles. The van der Waals surface area contributed by atoms with Crippen LogP contribution in [-0.4, -0.2) is 42.1 Å². The molecule has 0 spiro atoms. The monoisotopic (exact) mass is 546 g/mol. The third kappa shape index (κ3) is 6.52. The van der Waals surface area contributed by atoms with Crippen molar-refractivity contribution in [2.75, 3.05) is 18.6 Å². The van der Waals surface area contributed by atoms with Crippen molar-refractivity contribution in [1.82, 2.24) is 20.4 Å². The highest BCUT2D eigenvalue weighted by Gasteiger charge is 2.20. The molecule has 1 N–H and O–H groups in total. The molecular formula is C29H30N4O5S. The number of rotatable bonds is 9. The lowest BCUT2D eigenvalue weighted by molar-refractivity contribution is 0.330. The van der Waals surface area contributed by atoms with Gasteiger partial charge in [-0.1, -0.05) is 38.1 Å². The van der Waals surface area contributed by atoms with Crippen molar-refractivity contribution in [3.8, 4) is 34.2 Å². The topological polar surface area (TPSA) is 120 Å². The molecule has 5 rings (SSSR count). The molecule has 0 amide bonds. The van der Waals surface area contributed by atoms with Gasteiger partial charge in [-0.05, 0) is 42.5 Å². The molecule has 3 heterocycles. The molecule has 0 fully saturated rings. The van der Waals surface area contributed by atoms with Gasteiger partial charge in [-0.15, -0.1) is 0 Å². The second-order valence-corrected chi connectivity index (χ2v) is 12.7. The van der Waals surface area contributed by atoms with E-state index in [-0.39, 0.29) is 11.2 Å². The number of benzene rings is 2. The van der Waals surface area contributed by atoms with E-state index in [0.717, 1.165) is 33.5 Å². The Kier molecular flexibility index (Phi) is 7.24.